The fourth-order valence-electron chi connectivity index (χ4n) is 3.83. The third-order valence-electron chi connectivity index (χ3n) is 5.11. The fraction of sp³-hybridized carbons (Fsp3) is 0.125. The van der Waals surface area contributed by atoms with E-state index in [1.165, 1.54) is 37.7 Å². The molecule has 0 bridgehead atoms. The first-order valence-corrected chi connectivity index (χ1v) is 10.0. The summed E-state index contributed by atoms with van der Waals surface area (Å²) in [6.45, 7) is 0. The van der Waals surface area contributed by atoms with E-state index in [0.29, 0.717) is 0 Å². The first-order chi connectivity index (χ1) is 12.9. The van der Waals surface area contributed by atoms with Crippen molar-refractivity contribution < 1.29 is 0 Å². The minimum Gasteiger partial charge on any atom is -0.274 e. The molecule has 0 N–H and O–H groups in total. The first-order valence-electron chi connectivity index (χ1n) is 9.02. The number of hydrogen-bond donors (Lipinski definition) is 0. The maximum absolute atomic E-state index is 5.09. The molecule has 0 aromatic heterocycles. The number of thioether (sulfide) groups is 1. The largest absolute Gasteiger partial charge is 0.274 e. The molecule has 1 heterocycles. The molecule has 1 nitrogen and oxygen atoms in total. The Balaban J connectivity index is 1.48. The number of rotatable bonds is 3. The van der Waals surface area contributed by atoms with Gasteiger partial charge < -0.3 is 0 Å². The van der Waals surface area contributed by atoms with E-state index < -0.39 is 0 Å². The molecule has 1 unspecified atom stereocenters. The molecular formula is C24H19NS. The lowest BCUT2D eigenvalue weighted by atomic mass is 10.00. The Hall–Kier alpha value is -2.58. The maximum atomic E-state index is 5.09. The second-order valence-corrected chi connectivity index (χ2v) is 7.83. The molecule has 0 amide bonds. The van der Waals surface area contributed by atoms with Gasteiger partial charge >= 0.3 is 0 Å². The second-order valence-electron chi connectivity index (χ2n) is 6.73. The zero-order valence-electron chi connectivity index (χ0n) is 14.4. The van der Waals surface area contributed by atoms with Crippen molar-refractivity contribution in [2.75, 3.05) is 5.75 Å². The van der Waals surface area contributed by atoms with Crippen molar-refractivity contribution in [3.8, 4) is 0 Å². The Bertz CT molecular complexity index is 1120. The van der Waals surface area contributed by atoms with Gasteiger partial charge in [0, 0.05) is 12.2 Å². The van der Waals surface area contributed by atoms with Crippen LogP contribution in [-0.4, -0.2) is 10.8 Å². The molecule has 1 aliphatic rings. The van der Waals surface area contributed by atoms with Gasteiger partial charge in [-0.25, -0.2) is 0 Å². The van der Waals surface area contributed by atoms with Crippen molar-refractivity contribution in [3.63, 3.8) is 0 Å². The van der Waals surface area contributed by atoms with Gasteiger partial charge in [0.25, 0.3) is 0 Å². The molecule has 0 fully saturated rings. The minimum absolute atomic E-state index is 0.260. The summed E-state index contributed by atoms with van der Waals surface area (Å²) in [5.74, 6) is 1.04. The van der Waals surface area contributed by atoms with E-state index in [1.54, 1.807) is 0 Å². The Kier molecular flexibility index (Phi) is 3.99. The topological polar surface area (TPSA) is 12.4 Å². The average Bonchev–Trinajstić information content (AvgIpc) is 3.16. The van der Waals surface area contributed by atoms with Crippen molar-refractivity contribution >= 4 is 38.4 Å². The van der Waals surface area contributed by atoms with Gasteiger partial charge in [0.1, 0.15) is 0 Å². The molecule has 4 aromatic rings. The van der Waals surface area contributed by atoms with E-state index in [2.05, 4.69) is 84.9 Å². The normalized spacial score (nSPS) is 16.9. The summed E-state index contributed by atoms with van der Waals surface area (Å²) < 4.78 is 0. The predicted octanol–water partition coefficient (Wildman–Crippen LogP) is 6.42. The quantitative estimate of drug-likeness (QED) is 0.414. The van der Waals surface area contributed by atoms with E-state index in [0.717, 1.165) is 12.2 Å². The number of nitrogens with zero attached hydrogens (tertiary/aromatic N) is 1. The average molecular weight is 353 g/mol. The molecule has 4 aromatic carbocycles. The lowest BCUT2D eigenvalue weighted by Crippen LogP contribution is -1.97. The summed E-state index contributed by atoms with van der Waals surface area (Å²) in [6, 6.07) is 30.6. The molecule has 5 rings (SSSR count). The zero-order valence-corrected chi connectivity index (χ0v) is 15.2. The van der Waals surface area contributed by atoms with Crippen LogP contribution in [0.4, 0.5) is 0 Å². The smallest absolute Gasteiger partial charge is 0.0858 e. The van der Waals surface area contributed by atoms with E-state index in [4.69, 9.17) is 4.99 Å². The van der Waals surface area contributed by atoms with E-state index in [-0.39, 0.29) is 6.04 Å². The van der Waals surface area contributed by atoms with E-state index in [9.17, 15) is 0 Å². The molecule has 26 heavy (non-hydrogen) atoms. The van der Waals surface area contributed by atoms with Crippen molar-refractivity contribution in [2.24, 2.45) is 4.99 Å². The molecule has 0 aliphatic carbocycles. The Morgan fingerprint density at radius 1 is 0.731 bits per heavy atom. The van der Waals surface area contributed by atoms with Crippen molar-refractivity contribution in [1.82, 2.24) is 0 Å². The van der Waals surface area contributed by atoms with Gasteiger partial charge in [-0.05, 0) is 32.7 Å². The number of fused-ring (bicyclic) bond motifs is 2. The summed E-state index contributed by atoms with van der Waals surface area (Å²) in [6.07, 6.45) is 0.924. The van der Waals surface area contributed by atoms with Gasteiger partial charge in [0.2, 0.25) is 0 Å². The van der Waals surface area contributed by atoms with E-state index in [1.807, 2.05) is 11.8 Å². The highest BCUT2D eigenvalue weighted by molar-refractivity contribution is 8.14. The summed E-state index contributed by atoms with van der Waals surface area (Å²) in [4.78, 5) is 5.09. The molecule has 0 saturated carbocycles. The van der Waals surface area contributed by atoms with Crippen LogP contribution < -0.4 is 0 Å². The summed E-state index contributed by atoms with van der Waals surface area (Å²) in [5.41, 5.74) is 2.72. The summed E-state index contributed by atoms with van der Waals surface area (Å²) in [7, 11) is 0. The van der Waals surface area contributed by atoms with Crippen LogP contribution in [0.2, 0.25) is 0 Å². The van der Waals surface area contributed by atoms with Crippen LogP contribution in [0.1, 0.15) is 17.2 Å². The van der Waals surface area contributed by atoms with Crippen molar-refractivity contribution in [1.29, 1.82) is 0 Å². The molecule has 126 valence electrons. The fourth-order valence-corrected chi connectivity index (χ4v) is 4.89. The highest BCUT2D eigenvalue weighted by atomic mass is 32.2. The van der Waals surface area contributed by atoms with Gasteiger partial charge in [-0.15, -0.1) is 11.8 Å². The lowest BCUT2D eigenvalue weighted by molar-refractivity contribution is 0.856. The van der Waals surface area contributed by atoms with Crippen molar-refractivity contribution in [3.05, 3.63) is 96.1 Å². The third-order valence-corrected chi connectivity index (χ3v) is 6.18. The monoisotopic (exact) mass is 353 g/mol. The molecule has 1 aliphatic heterocycles. The van der Waals surface area contributed by atoms with Gasteiger partial charge in [0.05, 0.1) is 11.1 Å². The highest BCUT2D eigenvalue weighted by Crippen LogP contribution is 2.35. The molecular weight excluding hydrogens is 334 g/mol. The van der Waals surface area contributed by atoms with Crippen LogP contribution >= 0.6 is 11.8 Å². The molecule has 0 radical (unpaired) electrons. The first kappa shape index (κ1) is 15.7. The van der Waals surface area contributed by atoms with Crippen LogP contribution in [0.15, 0.2) is 89.9 Å². The molecule has 0 saturated heterocycles. The van der Waals surface area contributed by atoms with Crippen LogP contribution in [0.25, 0.3) is 21.5 Å². The van der Waals surface area contributed by atoms with Gasteiger partial charge in [0.15, 0.2) is 0 Å². The molecule has 0 spiro atoms. The number of hydrogen-bond acceptors (Lipinski definition) is 2. The van der Waals surface area contributed by atoms with Crippen LogP contribution in [-0.2, 0) is 6.42 Å². The minimum atomic E-state index is 0.260. The summed E-state index contributed by atoms with van der Waals surface area (Å²) in [5, 5.41) is 6.52. The van der Waals surface area contributed by atoms with Crippen LogP contribution in [0, 0.1) is 0 Å². The Labute approximate surface area is 157 Å². The standard InChI is InChI=1S/C24H19NS/c1-3-12-20-17(7-1)9-5-11-19(20)15-24-25-23(16-26-24)22-14-6-10-18-8-2-4-13-21(18)22/h1-14,23H,15-16H2. The summed E-state index contributed by atoms with van der Waals surface area (Å²) >= 11 is 1.91. The third kappa shape index (κ3) is 2.81. The lowest BCUT2D eigenvalue weighted by Gasteiger charge is -2.10. The number of benzene rings is 4. The predicted molar refractivity (Wildman–Crippen MR) is 114 cm³/mol. The van der Waals surface area contributed by atoms with Crippen molar-refractivity contribution in [2.45, 2.75) is 12.5 Å². The second kappa shape index (κ2) is 6.62. The number of aliphatic imine (C=N–C) groups is 1. The van der Waals surface area contributed by atoms with Crippen LogP contribution in [0.3, 0.4) is 0 Å². The van der Waals surface area contributed by atoms with E-state index >= 15 is 0 Å². The Morgan fingerprint density at radius 3 is 2.23 bits per heavy atom. The zero-order chi connectivity index (χ0) is 17.3. The molecule has 2 heteroatoms. The Morgan fingerprint density at radius 2 is 1.38 bits per heavy atom. The maximum Gasteiger partial charge on any atom is 0.0858 e. The van der Waals surface area contributed by atoms with Gasteiger partial charge in [-0.2, -0.15) is 0 Å². The van der Waals surface area contributed by atoms with Gasteiger partial charge in [-0.3, -0.25) is 4.99 Å². The molecule has 1 atom stereocenters. The van der Waals surface area contributed by atoms with Crippen LogP contribution in [0.5, 0.6) is 0 Å². The SMILES string of the molecule is c1ccc2c(CC3=NC(c4cccc5ccccc45)CS3)cccc2c1. The van der Waals surface area contributed by atoms with Gasteiger partial charge in [-0.1, -0.05) is 84.9 Å². The highest BCUT2D eigenvalue weighted by Gasteiger charge is 2.22.